The fourth-order valence-corrected chi connectivity index (χ4v) is 2.39. The van der Waals surface area contributed by atoms with Crippen molar-refractivity contribution < 1.29 is 0 Å². The number of hydrogen-bond donors (Lipinski definition) is 1. The molecule has 0 aliphatic rings. The summed E-state index contributed by atoms with van der Waals surface area (Å²) >= 11 is 5.02. The summed E-state index contributed by atoms with van der Waals surface area (Å²) in [5, 5.41) is 6.49. The molecule has 0 saturated carbocycles. The Balaban J connectivity index is 1.92. The average Bonchev–Trinajstić information content (AvgIpc) is 2.79. The predicted octanol–water partition coefficient (Wildman–Crippen LogP) is 3.15. The Kier molecular flexibility index (Phi) is 4.04. The molecule has 2 aromatic rings. The summed E-state index contributed by atoms with van der Waals surface area (Å²) in [7, 11) is 0. The average molecular weight is 298 g/mol. The lowest BCUT2D eigenvalue weighted by Gasteiger charge is -2.10. The summed E-state index contributed by atoms with van der Waals surface area (Å²) in [6, 6.07) is 6.18. The molecule has 2 rings (SSSR count). The van der Waals surface area contributed by atoms with Crippen molar-refractivity contribution >= 4 is 27.3 Å². The molecule has 0 fully saturated rings. The van der Waals surface area contributed by atoms with Crippen molar-refractivity contribution in [2.75, 3.05) is 0 Å². The third-order valence-corrected chi connectivity index (χ3v) is 3.58. The third-order valence-electron chi connectivity index (χ3n) is 2.18. The quantitative estimate of drug-likeness (QED) is 0.881. The molecule has 1 N–H and O–H groups in total. The fourth-order valence-electron chi connectivity index (χ4n) is 1.34. The molecule has 0 amide bonds. The van der Waals surface area contributed by atoms with Crippen molar-refractivity contribution in [1.29, 1.82) is 0 Å². The highest BCUT2D eigenvalue weighted by Crippen LogP contribution is 2.15. The number of nitrogens with one attached hydrogen (secondary N) is 1. The zero-order valence-electron chi connectivity index (χ0n) is 8.85. The lowest BCUT2D eigenvalue weighted by Crippen LogP contribution is -2.18. The van der Waals surface area contributed by atoms with Gasteiger partial charge in [0, 0.05) is 18.1 Å². The zero-order valence-corrected chi connectivity index (χ0v) is 11.3. The molecule has 1 unspecified atom stereocenters. The molecule has 0 spiro atoms. The van der Waals surface area contributed by atoms with Crippen LogP contribution in [0.1, 0.15) is 23.7 Å². The van der Waals surface area contributed by atoms with Gasteiger partial charge < -0.3 is 5.32 Å². The molecule has 0 bridgehead atoms. The van der Waals surface area contributed by atoms with Gasteiger partial charge in [-0.2, -0.15) is 0 Å². The van der Waals surface area contributed by atoms with E-state index in [1.54, 1.807) is 11.3 Å². The normalized spacial score (nSPS) is 12.6. The van der Waals surface area contributed by atoms with Gasteiger partial charge >= 0.3 is 0 Å². The minimum atomic E-state index is 0.265. The molecule has 84 valence electrons. The monoisotopic (exact) mass is 297 g/mol. The standard InChI is InChI=1S/C11H12BrN3S/c1-8(11-13-5-6-16-11)14-7-9-3-2-4-10(12)15-9/h2-6,8,14H,7H2,1H3. The summed E-state index contributed by atoms with van der Waals surface area (Å²) in [4.78, 5) is 8.64. The highest BCUT2D eigenvalue weighted by molar-refractivity contribution is 9.10. The van der Waals surface area contributed by atoms with E-state index in [9.17, 15) is 0 Å². The minimum Gasteiger partial charge on any atom is -0.302 e. The number of pyridine rings is 1. The molecule has 0 radical (unpaired) electrons. The van der Waals surface area contributed by atoms with E-state index < -0.39 is 0 Å². The minimum absolute atomic E-state index is 0.265. The first-order valence-electron chi connectivity index (χ1n) is 5.00. The molecular formula is C11H12BrN3S. The molecule has 2 heterocycles. The highest BCUT2D eigenvalue weighted by atomic mass is 79.9. The van der Waals surface area contributed by atoms with Crippen molar-refractivity contribution in [1.82, 2.24) is 15.3 Å². The van der Waals surface area contributed by atoms with E-state index in [1.165, 1.54) is 0 Å². The van der Waals surface area contributed by atoms with Crippen LogP contribution in [0.5, 0.6) is 0 Å². The van der Waals surface area contributed by atoms with Crippen molar-refractivity contribution in [2.45, 2.75) is 19.5 Å². The van der Waals surface area contributed by atoms with Gasteiger partial charge in [-0.1, -0.05) is 6.07 Å². The van der Waals surface area contributed by atoms with E-state index in [2.05, 4.69) is 38.1 Å². The first-order chi connectivity index (χ1) is 7.75. The topological polar surface area (TPSA) is 37.8 Å². The van der Waals surface area contributed by atoms with Crippen molar-refractivity contribution in [3.63, 3.8) is 0 Å². The van der Waals surface area contributed by atoms with Crippen LogP contribution in [0.2, 0.25) is 0 Å². The molecule has 2 aromatic heterocycles. The van der Waals surface area contributed by atoms with E-state index in [0.717, 1.165) is 21.8 Å². The van der Waals surface area contributed by atoms with Crippen LogP contribution in [0.3, 0.4) is 0 Å². The molecule has 0 aromatic carbocycles. The van der Waals surface area contributed by atoms with Gasteiger partial charge in [-0.05, 0) is 35.0 Å². The second-order valence-corrected chi connectivity index (χ2v) is 5.16. The van der Waals surface area contributed by atoms with Crippen LogP contribution in [-0.2, 0) is 6.54 Å². The maximum absolute atomic E-state index is 4.36. The van der Waals surface area contributed by atoms with E-state index in [-0.39, 0.29) is 6.04 Å². The SMILES string of the molecule is CC(NCc1cccc(Br)n1)c1nccs1. The molecule has 3 nitrogen and oxygen atoms in total. The first kappa shape index (κ1) is 11.7. The smallest absolute Gasteiger partial charge is 0.109 e. The van der Waals surface area contributed by atoms with E-state index in [1.807, 2.05) is 29.8 Å². The van der Waals surface area contributed by atoms with Crippen LogP contribution >= 0.6 is 27.3 Å². The first-order valence-corrected chi connectivity index (χ1v) is 6.67. The Hall–Kier alpha value is -0.780. The number of rotatable bonds is 4. The van der Waals surface area contributed by atoms with Gasteiger partial charge in [0.2, 0.25) is 0 Å². The summed E-state index contributed by atoms with van der Waals surface area (Å²) < 4.78 is 0.869. The van der Waals surface area contributed by atoms with Crippen LogP contribution in [-0.4, -0.2) is 9.97 Å². The van der Waals surface area contributed by atoms with E-state index in [4.69, 9.17) is 0 Å². The van der Waals surface area contributed by atoms with Gasteiger partial charge in [0.15, 0.2) is 0 Å². The van der Waals surface area contributed by atoms with Crippen LogP contribution in [0.15, 0.2) is 34.4 Å². The Morgan fingerprint density at radius 3 is 3.06 bits per heavy atom. The lowest BCUT2D eigenvalue weighted by molar-refractivity contribution is 0.564. The van der Waals surface area contributed by atoms with Gasteiger partial charge in [-0.3, -0.25) is 0 Å². The summed E-state index contributed by atoms with van der Waals surface area (Å²) in [6.07, 6.45) is 1.83. The van der Waals surface area contributed by atoms with Crippen molar-refractivity contribution in [2.24, 2.45) is 0 Å². The largest absolute Gasteiger partial charge is 0.302 e. The lowest BCUT2D eigenvalue weighted by atomic mass is 10.3. The van der Waals surface area contributed by atoms with Crippen LogP contribution < -0.4 is 5.32 Å². The number of hydrogen-bond acceptors (Lipinski definition) is 4. The third kappa shape index (κ3) is 3.10. The van der Waals surface area contributed by atoms with Crippen LogP contribution in [0.4, 0.5) is 0 Å². The summed E-state index contributed by atoms with van der Waals surface area (Å²) in [5.74, 6) is 0. The number of halogens is 1. The number of aromatic nitrogens is 2. The Labute approximate surface area is 107 Å². The number of thiazole rings is 1. The second-order valence-electron chi connectivity index (χ2n) is 3.42. The Morgan fingerprint density at radius 1 is 1.50 bits per heavy atom. The second kappa shape index (κ2) is 5.52. The molecule has 0 aliphatic carbocycles. The van der Waals surface area contributed by atoms with Crippen LogP contribution in [0, 0.1) is 0 Å². The van der Waals surface area contributed by atoms with Gasteiger partial charge in [-0.25, -0.2) is 9.97 Å². The maximum atomic E-state index is 4.36. The molecule has 0 aliphatic heterocycles. The van der Waals surface area contributed by atoms with Crippen molar-refractivity contribution in [3.05, 3.63) is 45.1 Å². The van der Waals surface area contributed by atoms with Crippen molar-refractivity contribution in [3.8, 4) is 0 Å². The van der Waals surface area contributed by atoms with Gasteiger partial charge in [-0.15, -0.1) is 11.3 Å². The molecular weight excluding hydrogens is 286 g/mol. The summed E-state index contributed by atoms with van der Waals surface area (Å²) in [5.41, 5.74) is 1.03. The Morgan fingerprint density at radius 2 is 2.38 bits per heavy atom. The molecule has 0 saturated heterocycles. The van der Waals surface area contributed by atoms with E-state index in [0.29, 0.717) is 0 Å². The fraction of sp³-hybridized carbons (Fsp3) is 0.273. The Bertz CT molecular complexity index is 444. The number of nitrogens with zero attached hydrogens (tertiary/aromatic N) is 2. The maximum Gasteiger partial charge on any atom is 0.109 e. The molecule has 16 heavy (non-hydrogen) atoms. The van der Waals surface area contributed by atoms with Gasteiger partial charge in [0.1, 0.15) is 9.61 Å². The van der Waals surface area contributed by atoms with Gasteiger partial charge in [0.25, 0.3) is 0 Å². The van der Waals surface area contributed by atoms with Gasteiger partial charge in [0.05, 0.1) is 11.7 Å². The molecule has 5 heteroatoms. The highest BCUT2D eigenvalue weighted by Gasteiger charge is 2.07. The van der Waals surface area contributed by atoms with E-state index >= 15 is 0 Å². The molecule has 1 atom stereocenters. The summed E-state index contributed by atoms with van der Waals surface area (Å²) in [6.45, 7) is 2.86. The predicted molar refractivity (Wildman–Crippen MR) is 69.3 cm³/mol. The van der Waals surface area contributed by atoms with Crippen LogP contribution in [0.25, 0.3) is 0 Å². The zero-order chi connectivity index (χ0) is 11.4.